The molecule has 7 heteroatoms. The molecule has 0 spiro atoms. The largest absolute Gasteiger partial charge is 0.476 e. The standard InChI is InChI=1S/C18H20N4O3/c1-2-13-3-5-14(6-4-13)17(23)22-9-7-21(8-10-22)16-12-19-15(11-20-16)18(24)25/h3-6,11-12H,2,7-10H2,1H3,(H,24,25). The van der Waals surface area contributed by atoms with Crippen LogP contribution in [-0.2, 0) is 6.42 Å². The van der Waals surface area contributed by atoms with Gasteiger partial charge in [-0.15, -0.1) is 0 Å². The molecule has 1 saturated heterocycles. The second-order valence-electron chi connectivity index (χ2n) is 5.89. The topological polar surface area (TPSA) is 86.6 Å². The highest BCUT2D eigenvalue weighted by molar-refractivity contribution is 5.94. The summed E-state index contributed by atoms with van der Waals surface area (Å²) >= 11 is 0. The number of hydrogen-bond acceptors (Lipinski definition) is 5. The van der Waals surface area contributed by atoms with Gasteiger partial charge in [-0.25, -0.2) is 14.8 Å². The number of aromatic nitrogens is 2. The lowest BCUT2D eigenvalue weighted by molar-refractivity contribution is 0.0688. The molecule has 2 heterocycles. The van der Waals surface area contributed by atoms with E-state index in [2.05, 4.69) is 16.9 Å². The summed E-state index contributed by atoms with van der Waals surface area (Å²) in [6.07, 6.45) is 3.67. The van der Waals surface area contributed by atoms with Crippen LogP contribution in [0.15, 0.2) is 36.7 Å². The first-order valence-electron chi connectivity index (χ1n) is 8.27. The summed E-state index contributed by atoms with van der Waals surface area (Å²) in [4.78, 5) is 35.3. The number of benzene rings is 1. The third-order valence-electron chi connectivity index (χ3n) is 4.36. The van der Waals surface area contributed by atoms with Crippen molar-refractivity contribution in [2.24, 2.45) is 0 Å². The van der Waals surface area contributed by atoms with E-state index < -0.39 is 5.97 Å². The number of amides is 1. The lowest BCUT2D eigenvalue weighted by Crippen LogP contribution is -2.49. The van der Waals surface area contributed by atoms with Crippen LogP contribution in [0.2, 0.25) is 0 Å². The number of carboxylic acid groups (broad SMARTS) is 1. The Morgan fingerprint density at radius 1 is 1.04 bits per heavy atom. The van der Waals surface area contributed by atoms with Crippen molar-refractivity contribution in [2.45, 2.75) is 13.3 Å². The van der Waals surface area contributed by atoms with Crippen LogP contribution in [0.5, 0.6) is 0 Å². The Hall–Kier alpha value is -2.96. The molecule has 25 heavy (non-hydrogen) atoms. The van der Waals surface area contributed by atoms with E-state index in [1.165, 1.54) is 18.0 Å². The number of piperazine rings is 1. The molecule has 1 aliphatic heterocycles. The minimum atomic E-state index is -1.09. The van der Waals surface area contributed by atoms with Crippen LogP contribution in [0.25, 0.3) is 0 Å². The van der Waals surface area contributed by atoms with Crippen LogP contribution < -0.4 is 4.90 Å². The van der Waals surface area contributed by atoms with Crippen molar-refractivity contribution in [1.82, 2.24) is 14.9 Å². The monoisotopic (exact) mass is 340 g/mol. The van der Waals surface area contributed by atoms with Crippen molar-refractivity contribution >= 4 is 17.7 Å². The minimum absolute atomic E-state index is 0.0367. The number of carbonyl (C=O) groups is 2. The van der Waals surface area contributed by atoms with Gasteiger partial charge in [0.2, 0.25) is 0 Å². The van der Waals surface area contributed by atoms with Gasteiger partial charge < -0.3 is 14.9 Å². The molecule has 0 unspecified atom stereocenters. The summed E-state index contributed by atoms with van der Waals surface area (Å²) in [6.45, 7) is 4.55. The van der Waals surface area contributed by atoms with Crippen LogP contribution in [0.4, 0.5) is 5.82 Å². The van der Waals surface area contributed by atoms with Crippen LogP contribution in [0.3, 0.4) is 0 Å². The fourth-order valence-corrected chi connectivity index (χ4v) is 2.80. The zero-order chi connectivity index (χ0) is 17.8. The predicted molar refractivity (Wildman–Crippen MR) is 92.9 cm³/mol. The van der Waals surface area contributed by atoms with Gasteiger partial charge in [0.1, 0.15) is 5.82 Å². The zero-order valence-corrected chi connectivity index (χ0v) is 14.1. The number of anilines is 1. The van der Waals surface area contributed by atoms with Gasteiger partial charge in [-0.1, -0.05) is 19.1 Å². The normalized spacial score (nSPS) is 14.4. The maximum Gasteiger partial charge on any atom is 0.356 e. The smallest absolute Gasteiger partial charge is 0.356 e. The van der Waals surface area contributed by atoms with E-state index in [-0.39, 0.29) is 11.6 Å². The van der Waals surface area contributed by atoms with Crippen LogP contribution in [-0.4, -0.2) is 58.0 Å². The van der Waals surface area contributed by atoms with Gasteiger partial charge in [0.15, 0.2) is 5.69 Å². The molecule has 1 fully saturated rings. The Balaban J connectivity index is 1.60. The molecule has 1 aliphatic rings. The average Bonchev–Trinajstić information content (AvgIpc) is 2.67. The van der Waals surface area contributed by atoms with E-state index in [0.29, 0.717) is 37.6 Å². The van der Waals surface area contributed by atoms with Crippen LogP contribution in [0.1, 0.15) is 33.3 Å². The third-order valence-corrected chi connectivity index (χ3v) is 4.36. The number of nitrogens with zero attached hydrogens (tertiary/aromatic N) is 4. The summed E-state index contributed by atoms with van der Waals surface area (Å²) in [7, 11) is 0. The maximum atomic E-state index is 12.6. The number of rotatable bonds is 4. The Kier molecular flexibility index (Phi) is 4.92. The van der Waals surface area contributed by atoms with Crippen molar-refractivity contribution in [3.05, 3.63) is 53.5 Å². The van der Waals surface area contributed by atoms with Crippen LogP contribution >= 0.6 is 0 Å². The quantitative estimate of drug-likeness (QED) is 0.912. The molecule has 1 N–H and O–H groups in total. The zero-order valence-electron chi connectivity index (χ0n) is 14.1. The molecule has 0 radical (unpaired) electrons. The van der Waals surface area contributed by atoms with Crippen molar-refractivity contribution < 1.29 is 14.7 Å². The SMILES string of the molecule is CCc1ccc(C(=O)N2CCN(c3cnc(C(=O)O)cn3)CC2)cc1. The number of carboxylic acids is 1. The molecular formula is C18H20N4O3. The van der Waals surface area contributed by atoms with E-state index >= 15 is 0 Å². The molecule has 2 aromatic rings. The first-order chi connectivity index (χ1) is 12.1. The van der Waals surface area contributed by atoms with Gasteiger partial charge in [0.05, 0.1) is 12.4 Å². The van der Waals surface area contributed by atoms with E-state index in [4.69, 9.17) is 5.11 Å². The van der Waals surface area contributed by atoms with Crippen molar-refractivity contribution in [3.8, 4) is 0 Å². The summed E-state index contributed by atoms with van der Waals surface area (Å²) in [5, 5.41) is 8.86. The number of aryl methyl sites for hydroxylation is 1. The molecule has 0 bridgehead atoms. The number of carbonyl (C=O) groups excluding carboxylic acids is 1. The molecule has 7 nitrogen and oxygen atoms in total. The van der Waals surface area contributed by atoms with Crippen molar-refractivity contribution in [1.29, 1.82) is 0 Å². The molecule has 0 atom stereocenters. The lowest BCUT2D eigenvalue weighted by atomic mass is 10.1. The fourth-order valence-electron chi connectivity index (χ4n) is 2.80. The summed E-state index contributed by atoms with van der Waals surface area (Å²) in [6, 6.07) is 7.74. The Bertz CT molecular complexity index is 751. The van der Waals surface area contributed by atoms with Crippen molar-refractivity contribution in [3.63, 3.8) is 0 Å². The molecular weight excluding hydrogens is 320 g/mol. The third kappa shape index (κ3) is 3.76. The molecule has 1 aromatic heterocycles. The van der Waals surface area contributed by atoms with E-state index in [1.807, 2.05) is 34.1 Å². The van der Waals surface area contributed by atoms with E-state index in [1.54, 1.807) is 0 Å². The van der Waals surface area contributed by atoms with Crippen molar-refractivity contribution in [2.75, 3.05) is 31.1 Å². The molecule has 1 aromatic carbocycles. The average molecular weight is 340 g/mol. The first-order valence-corrected chi connectivity index (χ1v) is 8.27. The Labute approximate surface area is 145 Å². The van der Waals surface area contributed by atoms with Gasteiger partial charge in [-0.05, 0) is 24.1 Å². The molecule has 0 aliphatic carbocycles. The molecule has 1 amide bonds. The second-order valence-corrected chi connectivity index (χ2v) is 5.89. The molecule has 3 rings (SSSR count). The summed E-state index contributed by atoms with van der Waals surface area (Å²) < 4.78 is 0. The van der Waals surface area contributed by atoms with E-state index in [0.717, 1.165) is 6.42 Å². The first kappa shape index (κ1) is 16.9. The minimum Gasteiger partial charge on any atom is -0.476 e. The fraction of sp³-hybridized carbons (Fsp3) is 0.333. The predicted octanol–water partition coefficient (Wildman–Crippen LogP) is 1.70. The Morgan fingerprint density at radius 3 is 2.24 bits per heavy atom. The van der Waals surface area contributed by atoms with Gasteiger partial charge >= 0.3 is 5.97 Å². The number of hydrogen-bond donors (Lipinski definition) is 1. The highest BCUT2D eigenvalue weighted by atomic mass is 16.4. The highest BCUT2D eigenvalue weighted by Crippen LogP contribution is 2.15. The van der Waals surface area contributed by atoms with Gasteiger partial charge in [0.25, 0.3) is 5.91 Å². The highest BCUT2D eigenvalue weighted by Gasteiger charge is 2.23. The Morgan fingerprint density at radius 2 is 1.72 bits per heavy atom. The molecule has 0 saturated carbocycles. The lowest BCUT2D eigenvalue weighted by Gasteiger charge is -2.35. The van der Waals surface area contributed by atoms with Gasteiger partial charge in [-0.3, -0.25) is 4.79 Å². The summed E-state index contributed by atoms with van der Waals surface area (Å²) in [5.74, 6) is -0.428. The van der Waals surface area contributed by atoms with Gasteiger partial charge in [0, 0.05) is 31.7 Å². The van der Waals surface area contributed by atoms with Crippen LogP contribution in [0, 0.1) is 0 Å². The number of aromatic carboxylic acids is 1. The second kappa shape index (κ2) is 7.29. The van der Waals surface area contributed by atoms with Gasteiger partial charge in [-0.2, -0.15) is 0 Å². The maximum absolute atomic E-state index is 12.6. The van der Waals surface area contributed by atoms with E-state index in [9.17, 15) is 9.59 Å². The molecule has 130 valence electrons. The summed E-state index contributed by atoms with van der Waals surface area (Å²) in [5.41, 5.74) is 1.84.